The third kappa shape index (κ3) is 4.15. The fourth-order valence-electron chi connectivity index (χ4n) is 2.98. The van der Waals surface area contributed by atoms with Crippen molar-refractivity contribution in [3.63, 3.8) is 0 Å². The first-order valence-corrected chi connectivity index (χ1v) is 9.33. The third-order valence-corrected chi connectivity index (χ3v) is 4.58. The molecule has 0 spiro atoms. The predicted molar refractivity (Wildman–Crippen MR) is 112 cm³/mol. The Kier molecular flexibility index (Phi) is 5.48. The molecule has 3 aromatic heterocycles. The number of amides is 2. The molecule has 2 N–H and O–H groups in total. The van der Waals surface area contributed by atoms with E-state index in [1.165, 1.54) is 30.2 Å². The second kappa shape index (κ2) is 8.54. The first kappa shape index (κ1) is 19.9. The third-order valence-electron chi connectivity index (χ3n) is 4.58. The molecule has 0 aliphatic carbocycles. The van der Waals surface area contributed by atoms with E-state index in [-0.39, 0.29) is 23.4 Å². The molecule has 1 aromatic carbocycles. The number of hydrogen-bond donors (Lipinski definition) is 2. The second-order valence-corrected chi connectivity index (χ2v) is 6.54. The molecule has 31 heavy (non-hydrogen) atoms. The molecule has 0 saturated heterocycles. The van der Waals surface area contributed by atoms with Gasteiger partial charge in [0.15, 0.2) is 5.65 Å². The molecule has 2 amide bonds. The number of rotatable bonds is 6. The van der Waals surface area contributed by atoms with Crippen LogP contribution in [0.5, 0.6) is 5.75 Å². The number of aromatic nitrogens is 2. The van der Waals surface area contributed by atoms with Gasteiger partial charge in [0.05, 0.1) is 31.7 Å². The summed E-state index contributed by atoms with van der Waals surface area (Å²) in [6.45, 7) is 0.202. The van der Waals surface area contributed by atoms with Crippen LogP contribution in [-0.4, -0.2) is 28.3 Å². The van der Waals surface area contributed by atoms with Crippen molar-refractivity contribution < 1.29 is 18.7 Å². The Balaban J connectivity index is 1.58. The zero-order valence-corrected chi connectivity index (χ0v) is 16.5. The van der Waals surface area contributed by atoms with Crippen molar-refractivity contribution >= 4 is 23.1 Å². The van der Waals surface area contributed by atoms with Crippen LogP contribution in [0.1, 0.15) is 26.5 Å². The summed E-state index contributed by atoms with van der Waals surface area (Å²) < 4.78 is 11.5. The number of methoxy groups -OCH3 is 1. The van der Waals surface area contributed by atoms with Crippen molar-refractivity contribution in [2.24, 2.45) is 0 Å². The van der Waals surface area contributed by atoms with Gasteiger partial charge in [0.1, 0.15) is 17.2 Å². The van der Waals surface area contributed by atoms with Gasteiger partial charge >= 0.3 is 0 Å². The molecule has 0 unspecified atom stereocenters. The van der Waals surface area contributed by atoms with Gasteiger partial charge in [-0.05, 0) is 48.5 Å². The first-order chi connectivity index (χ1) is 15.1. The minimum atomic E-state index is -0.507. The molecular formula is C22H18N4O5. The average Bonchev–Trinajstić information content (AvgIpc) is 3.33. The largest absolute Gasteiger partial charge is 0.497 e. The van der Waals surface area contributed by atoms with Crippen LogP contribution in [0.25, 0.3) is 5.65 Å². The molecule has 4 aromatic rings. The minimum absolute atomic E-state index is 0.00791. The highest BCUT2D eigenvalue weighted by atomic mass is 16.5. The number of ether oxygens (including phenoxy) is 1. The maximum atomic E-state index is 12.9. The lowest BCUT2D eigenvalue weighted by molar-refractivity contribution is 0.0948. The molecule has 0 aliphatic rings. The summed E-state index contributed by atoms with van der Waals surface area (Å²) in [4.78, 5) is 42.1. The Morgan fingerprint density at radius 3 is 2.61 bits per heavy atom. The van der Waals surface area contributed by atoms with Crippen molar-refractivity contribution in [1.82, 2.24) is 14.7 Å². The van der Waals surface area contributed by atoms with Crippen molar-refractivity contribution in [3.05, 3.63) is 94.4 Å². The molecule has 0 atom stereocenters. The summed E-state index contributed by atoms with van der Waals surface area (Å²) in [6, 6.07) is 13.1. The van der Waals surface area contributed by atoms with Gasteiger partial charge in [-0.2, -0.15) is 0 Å². The van der Waals surface area contributed by atoms with Gasteiger partial charge in [0.2, 0.25) is 0 Å². The maximum absolute atomic E-state index is 12.9. The van der Waals surface area contributed by atoms with Crippen molar-refractivity contribution in [3.8, 4) is 5.75 Å². The van der Waals surface area contributed by atoms with Crippen LogP contribution in [-0.2, 0) is 6.54 Å². The summed E-state index contributed by atoms with van der Waals surface area (Å²) in [6.07, 6.45) is 4.24. The topological polar surface area (TPSA) is 115 Å². The van der Waals surface area contributed by atoms with E-state index < -0.39 is 17.4 Å². The maximum Gasteiger partial charge on any atom is 0.281 e. The average molecular weight is 418 g/mol. The summed E-state index contributed by atoms with van der Waals surface area (Å²) in [5, 5.41) is 5.28. The summed E-state index contributed by atoms with van der Waals surface area (Å²) >= 11 is 0. The standard InChI is InChI=1S/C22H18N4O5/c1-30-15-8-6-14(7-9-15)20(27)25-18-13-23-19-17(5-2-10-26(19)22(18)29)21(28)24-12-16-4-3-11-31-16/h2-11,13H,12H2,1H3,(H,24,28)(H,25,27). The van der Waals surface area contributed by atoms with Gasteiger partial charge in [-0.25, -0.2) is 4.98 Å². The van der Waals surface area contributed by atoms with E-state index >= 15 is 0 Å². The van der Waals surface area contributed by atoms with Crippen LogP contribution in [0.3, 0.4) is 0 Å². The van der Waals surface area contributed by atoms with E-state index in [1.807, 2.05) is 0 Å². The summed E-state index contributed by atoms with van der Waals surface area (Å²) in [5.74, 6) is 0.342. The Hall–Kier alpha value is -4.40. The van der Waals surface area contributed by atoms with Crippen molar-refractivity contribution in [2.45, 2.75) is 6.54 Å². The Bertz CT molecular complexity index is 1290. The SMILES string of the molecule is COc1ccc(C(=O)Nc2cnc3c(C(=O)NCc4ccco4)cccn3c2=O)cc1. The Morgan fingerprint density at radius 1 is 1.10 bits per heavy atom. The number of nitrogens with zero attached hydrogens (tertiary/aromatic N) is 2. The van der Waals surface area contributed by atoms with E-state index in [1.54, 1.807) is 48.5 Å². The molecule has 0 fully saturated rings. The Labute approximate surface area is 176 Å². The smallest absolute Gasteiger partial charge is 0.281 e. The zero-order chi connectivity index (χ0) is 21.8. The van der Waals surface area contributed by atoms with Gasteiger partial charge in [-0.1, -0.05) is 0 Å². The fourth-order valence-corrected chi connectivity index (χ4v) is 2.98. The van der Waals surface area contributed by atoms with Crippen LogP contribution >= 0.6 is 0 Å². The number of benzene rings is 1. The Morgan fingerprint density at radius 2 is 1.90 bits per heavy atom. The number of pyridine rings is 1. The van der Waals surface area contributed by atoms with E-state index in [0.29, 0.717) is 17.1 Å². The van der Waals surface area contributed by atoms with Crippen LogP contribution in [0.4, 0.5) is 5.69 Å². The molecular weight excluding hydrogens is 400 g/mol. The van der Waals surface area contributed by atoms with Gasteiger partial charge in [-0.3, -0.25) is 18.8 Å². The first-order valence-electron chi connectivity index (χ1n) is 9.33. The van der Waals surface area contributed by atoms with Gasteiger partial charge in [0, 0.05) is 11.8 Å². The van der Waals surface area contributed by atoms with Crippen LogP contribution in [0, 0.1) is 0 Å². The van der Waals surface area contributed by atoms with Crippen LogP contribution in [0.15, 0.2) is 76.4 Å². The van der Waals surface area contributed by atoms with Gasteiger partial charge < -0.3 is 19.8 Å². The predicted octanol–water partition coefficient (Wildman–Crippen LogP) is 2.48. The number of anilines is 1. The fraction of sp³-hybridized carbons (Fsp3) is 0.0909. The number of carbonyl (C=O) groups is 2. The molecule has 0 bridgehead atoms. The van der Waals surface area contributed by atoms with E-state index in [0.717, 1.165) is 0 Å². The quantitative estimate of drug-likeness (QED) is 0.497. The summed E-state index contributed by atoms with van der Waals surface area (Å²) in [7, 11) is 1.53. The number of carbonyl (C=O) groups excluding carboxylic acids is 2. The molecule has 4 rings (SSSR count). The van der Waals surface area contributed by atoms with Crippen LogP contribution in [0.2, 0.25) is 0 Å². The monoisotopic (exact) mass is 418 g/mol. The van der Waals surface area contributed by atoms with E-state index in [2.05, 4.69) is 15.6 Å². The lowest BCUT2D eigenvalue weighted by Gasteiger charge is -2.10. The second-order valence-electron chi connectivity index (χ2n) is 6.54. The zero-order valence-electron chi connectivity index (χ0n) is 16.5. The highest BCUT2D eigenvalue weighted by Gasteiger charge is 2.16. The van der Waals surface area contributed by atoms with E-state index in [4.69, 9.17) is 9.15 Å². The number of hydrogen-bond acceptors (Lipinski definition) is 6. The highest BCUT2D eigenvalue weighted by Crippen LogP contribution is 2.13. The molecule has 9 nitrogen and oxygen atoms in total. The van der Waals surface area contributed by atoms with E-state index in [9.17, 15) is 14.4 Å². The normalized spacial score (nSPS) is 10.6. The van der Waals surface area contributed by atoms with Gasteiger partial charge in [-0.15, -0.1) is 0 Å². The lowest BCUT2D eigenvalue weighted by atomic mass is 10.2. The molecule has 0 saturated carbocycles. The van der Waals surface area contributed by atoms with Crippen molar-refractivity contribution in [1.29, 1.82) is 0 Å². The summed E-state index contributed by atoms with van der Waals surface area (Å²) in [5.41, 5.74) is 0.237. The van der Waals surface area contributed by atoms with Crippen LogP contribution < -0.4 is 20.9 Å². The molecule has 156 valence electrons. The number of nitrogens with one attached hydrogen (secondary N) is 2. The molecule has 9 heteroatoms. The van der Waals surface area contributed by atoms with Crippen molar-refractivity contribution in [2.75, 3.05) is 12.4 Å². The number of furan rings is 1. The minimum Gasteiger partial charge on any atom is -0.497 e. The lowest BCUT2D eigenvalue weighted by Crippen LogP contribution is -2.27. The highest BCUT2D eigenvalue weighted by molar-refractivity contribution is 6.04. The molecule has 3 heterocycles. The number of fused-ring (bicyclic) bond motifs is 1. The molecule has 0 aliphatic heterocycles. The molecule has 0 radical (unpaired) electrons. The van der Waals surface area contributed by atoms with Gasteiger partial charge in [0.25, 0.3) is 17.4 Å².